The zero-order valence-corrected chi connectivity index (χ0v) is 27.7. The number of aromatic nitrogens is 3. The third kappa shape index (κ3) is 4.06. The molecule has 0 N–H and O–H groups in total. The molecule has 11 rings (SSSR count). The van der Waals surface area contributed by atoms with Crippen LogP contribution in [0.4, 0.5) is 0 Å². The summed E-state index contributed by atoms with van der Waals surface area (Å²) < 4.78 is 7.22. The standard InChI is InChI=1S/C48H31N3/c1-2-14-34(15-3-1)50-43-23-10-6-19-39(43)47-45(50)29-30-46-48(47)40-20-7-11-24-44(40)51(46)36-16-12-13-33(31-36)32-25-27-35(28-26-32)49-41-21-8-4-17-37(41)38-18-5-9-22-42(38)49/h1-31H. The fourth-order valence-corrected chi connectivity index (χ4v) is 8.48. The zero-order chi connectivity index (χ0) is 33.5. The van der Waals surface area contributed by atoms with E-state index < -0.39 is 0 Å². The van der Waals surface area contributed by atoms with Crippen molar-refractivity contribution < 1.29 is 0 Å². The molecule has 0 spiro atoms. The molecule has 3 nitrogen and oxygen atoms in total. The molecule has 3 aromatic heterocycles. The Balaban J connectivity index is 1.09. The highest BCUT2D eigenvalue weighted by Gasteiger charge is 2.20. The maximum absolute atomic E-state index is 2.44. The van der Waals surface area contributed by atoms with Crippen molar-refractivity contribution in [2.24, 2.45) is 0 Å². The van der Waals surface area contributed by atoms with Gasteiger partial charge in [0.1, 0.15) is 0 Å². The van der Waals surface area contributed by atoms with Crippen molar-refractivity contribution in [3.8, 4) is 28.2 Å². The quantitative estimate of drug-likeness (QED) is 0.180. The maximum atomic E-state index is 2.44. The second kappa shape index (κ2) is 10.8. The van der Waals surface area contributed by atoms with Gasteiger partial charge in [-0.15, -0.1) is 0 Å². The van der Waals surface area contributed by atoms with Crippen LogP contribution in [0.5, 0.6) is 0 Å². The van der Waals surface area contributed by atoms with Gasteiger partial charge in [0.15, 0.2) is 0 Å². The van der Waals surface area contributed by atoms with Crippen molar-refractivity contribution in [2.45, 2.75) is 0 Å². The summed E-state index contributed by atoms with van der Waals surface area (Å²) in [6.07, 6.45) is 0. The van der Waals surface area contributed by atoms with Gasteiger partial charge >= 0.3 is 0 Å². The summed E-state index contributed by atoms with van der Waals surface area (Å²) in [5, 5.41) is 7.65. The van der Waals surface area contributed by atoms with E-state index in [-0.39, 0.29) is 0 Å². The molecule has 0 amide bonds. The molecular formula is C48H31N3. The number of rotatable bonds is 4. The lowest BCUT2D eigenvalue weighted by Gasteiger charge is -2.12. The highest BCUT2D eigenvalue weighted by atomic mass is 15.0. The van der Waals surface area contributed by atoms with Gasteiger partial charge in [0.25, 0.3) is 0 Å². The van der Waals surface area contributed by atoms with Crippen molar-refractivity contribution >= 4 is 65.4 Å². The first-order valence-electron chi connectivity index (χ1n) is 17.5. The molecule has 0 radical (unpaired) electrons. The lowest BCUT2D eigenvalue weighted by Crippen LogP contribution is -1.95. The average Bonchev–Trinajstić information content (AvgIpc) is 3.84. The van der Waals surface area contributed by atoms with Crippen molar-refractivity contribution in [3.05, 3.63) is 188 Å². The van der Waals surface area contributed by atoms with E-state index in [1.807, 2.05) is 0 Å². The molecule has 11 aromatic rings. The van der Waals surface area contributed by atoms with Gasteiger partial charge < -0.3 is 13.7 Å². The van der Waals surface area contributed by atoms with Crippen molar-refractivity contribution in [1.82, 2.24) is 13.7 Å². The topological polar surface area (TPSA) is 14.8 Å². The van der Waals surface area contributed by atoms with Crippen LogP contribution in [0.15, 0.2) is 188 Å². The van der Waals surface area contributed by atoms with Gasteiger partial charge in [-0.2, -0.15) is 0 Å². The molecule has 0 fully saturated rings. The Kier molecular flexibility index (Phi) is 5.96. The van der Waals surface area contributed by atoms with Crippen LogP contribution in [0, 0.1) is 0 Å². The van der Waals surface area contributed by atoms with Gasteiger partial charge in [0.05, 0.1) is 33.1 Å². The smallest absolute Gasteiger partial charge is 0.0548 e. The van der Waals surface area contributed by atoms with E-state index in [1.54, 1.807) is 0 Å². The largest absolute Gasteiger partial charge is 0.309 e. The Bertz CT molecular complexity index is 3070. The average molecular weight is 650 g/mol. The number of benzene rings is 8. The normalized spacial score (nSPS) is 11.9. The Morgan fingerprint density at radius 1 is 0.235 bits per heavy atom. The highest BCUT2D eigenvalue weighted by molar-refractivity contribution is 6.29. The van der Waals surface area contributed by atoms with Gasteiger partial charge in [-0.05, 0) is 83.9 Å². The van der Waals surface area contributed by atoms with E-state index in [0.717, 1.165) is 11.4 Å². The van der Waals surface area contributed by atoms with Crippen molar-refractivity contribution in [1.29, 1.82) is 0 Å². The van der Waals surface area contributed by atoms with Crippen LogP contribution in [-0.4, -0.2) is 13.7 Å². The molecule has 0 aliphatic rings. The first-order valence-corrected chi connectivity index (χ1v) is 17.5. The summed E-state index contributed by atoms with van der Waals surface area (Å²) in [5.74, 6) is 0. The molecule has 238 valence electrons. The third-order valence-electron chi connectivity index (χ3n) is 10.6. The molecule has 0 aliphatic carbocycles. The molecular weight excluding hydrogens is 619 g/mol. The third-order valence-corrected chi connectivity index (χ3v) is 10.6. The van der Waals surface area contributed by atoms with Gasteiger partial charge in [0.2, 0.25) is 0 Å². The number of hydrogen-bond acceptors (Lipinski definition) is 0. The minimum atomic E-state index is 1.15. The molecule has 0 saturated carbocycles. The van der Waals surface area contributed by atoms with Crippen LogP contribution in [0.25, 0.3) is 93.6 Å². The molecule has 0 saturated heterocycles. The molecule has 8 aromatic carbocycles. The van der Waals surface area contributed by atoms with Crippen LogP contribution < -0.4 is 0 Å². The fourth-order valence-electron chi connectivity index (χ4n) is 8.48. The summed E-state index contributed by atoms with van der Waals surface area (Å²) in [4.78, 5) is 0. The van der Waals surface area contributed by atoms with Gasteiger partial charge in [-0.3, -0.25) is 0 Å². The van der Waals surface area contributed by atoms with Crippen LogP contribution >= 0.6 is 0 Å². The number of hydrogen-bond donors (Lipinski definition) is 0. The molecule has 0 bridgehead atoms. The summed E-state index contributed by atoms with van der Waals surface area (Å²) in [7, 11) is 0. The summed E-state index contributed by atoms with van der Waals surface area (Å²) >= 11 is 0. The lowest BCUT2D eigenvalue weighted by atomic mass is 10.0. The minimum absolute atomic E-state index is 1.15. The van der Waals surface area contributed by atoms with E-state index in [9.17, 15) is 0 Å². The van der Waals surface area contributed by atoms with Crippen LogP contribution in [-0.2, 0) is 0 Å². The Hall–Kier alpha value is -6.84. The van der Waals surface area contributed by atoms with Gasteiger partial charge in [0, 0.05) is 49.4 Å². The maximum Gasteiger partial charge on any atom is 0.0548 e. The first kappa shape index (κ1) is 28.0. The lowest BCUT2D eigenvalue weighted by molar-refractivity contribution is 1.17. The predicted molar refractivity (Wildman–Crippen MR) is 215 cm³/mol. The van der Waals surface area contributed by atoms with Crippen molar-refractivity contribution in [2.75, 3.05) is 0 Å². The van der Waals surface area contributed by atoms with Crippen LogP contribution in [0.1, 0.15) is 0 Å². The van der Waals surface area contributed by atoms with Crippen LogP contribution in [0.2, 0.25) is 0 Å². The zero-order valence-electron chi connectivity index (χ0n) is 27.7. The van der Waals surface area contributed by atoms with Gasteiger partial charge in [-0.1, -0.05) is 115 Å². The summed E-state index contributed by atoms with van der Waals surface area (Å²) in [6.45, 7) is 0. The SMILES string of the molecule is c1ccc(-n2c3ccccc3c3c4c5ccccc5n(-c5cccc(-c6ccc(-n7c8ccccc8c8ccccc87)cc6)c5)c4ccc32)cc1. The van der Waals surface area contributed by atoms with E-state index in [2.05, 4.69) is 202 Å². The fraction of sp³-hybridized carbons (Fsp3) is 0. The Morgan fingerprint density at radius 3 is 1.22 bits per heavy atom. The van der Waals surface area contributed by atoms with Gasteiger partial charge in [-0.25, -0.2) is 0 Å². The summed E-state index contributed by atoms with van der Waals surface area (Å²) in [5.41, 5.74) is 13.2. The Morgan fingerprint density at radius 2 is 0.647 bits per heavy atom. The number of fused-ring (bicyclic) bond motifs is 10. The van der Waals surface area contributed by atoms with E-state index in [1.165, 1.54) is 82.2 Å². The molecule has 3 heterocycles. The molecule has 0 unspecified atom stereocenters. The Labute approximate surface area is 294 Å². The predicted octanol–water partition coefficient (Wildman–Crippen LogP) is 12.6. The van der Waals surface area contributed by atoms with E-state index in [4.69, 9.17) is 0 Å². The van der Waals surface area contributed by atoms with E-state index >= 15 is 0 Å². The second-order valence-corrected chi connectivity index (χ2v) is 13.4. The number of nitrogens with zero attached hydrogens (tertiary/aromatic N) is 3. The molecule has 3 heteroatoms. The monoisotopic (exact) mass is 649 g/mol. The first-order chi connectivity index (χ1) is 25.3. The van der Waals surface area contributed by atoms with E-state index in [0.29, 0.717) is 0 Å². The highest BCUT2D eigenvalue weighted by Crippen LogP contribution is 2.42. The number of para-hydroxylation sites is 5. The summed E-state index contributed by atoms with van der Waals surface area (Å²) in [6, 6.07) is 68.3. The van der Waals surface area contributed by atoms with Crippen LogP contribution in [0.3, 0.4) is 0 Å². The minimum Gasteiger partial charge on any atom is -0.309 e. The molecule has 0 atom stereocenters. The molecule has 51 heavy (non-hydrogen) atoms. The second-order valence-electron chi connectivity index (χ2n) is 13.4. The van der Waals surface area contributed by atoms with Crippen molar-refractivity contribution in [3.63, 3.8) is 0 Å². The molecule has 0 aliphatic heterocycles.